The predicted octanol–water partition coefficient (Wildman–Crippen LogP) is 3.47. The summed E-state index contributed by atoms with van der Waals surface area (Å²) in [6.07, 6.45) is -4.61. The number of amides is 1. The predicted molar refractivity (Wildman–Crippen MR) is 93.2 cm³/mol. The van der Waals surface area contributed by atoms with Crippen LogP contribution < -0.4 is 5.73 Å². The number of carbonyl (C=O) groups excluding carboxylic acids is 2. The number of ketones is 1. The fraction of sp³-hybridized carbons (Fsp3) is 0.211. The Morgan fingerprint density at radius 1 is 1.11 bits per heavy atom. The van der Waals surface area contributed by atoms with Gasteiger partial charge in [0, 0.05) is 17.4 Å². The third-order valence-corrected chi connectivity index (χ3v) is 4.17. The molecular formula is C19H16F3N3O2. The van der Waals surface area contributed by atoms with E-state index in [-0.39, 0.29) is 35.3 Å². The zero-order chi connectivity index (χ0) is 19.8. The van der Waals surface area contributed by atoms with Gasteiger partial charge in [0.05, 0.1) is 17.6 Å². The van der Waals surface area contributed by atoms with Crippen LogP contribution in [0.5, 0.6) is 0 Å². The Labute approximate surface area is 152 Å². The topological polar surface area (TPSA) is 78.0 Å². The SMILES string of the molecule is Cc1ccc(C(=O)c2c3ccc(C(F)(F)F)cc3nn2CCC(N)=O)cc1. The van der Waals surface area contributed by atoms with Gasteiger partial charge in [-0.3, -0.25) is 14.3 Å². The van der Waals surface area contributed by atoms with E-state index in [0.717, 1.165) is 17.7 Å². The number of aromatic nitrogens is 2. The van der Waals surface area contributed by atoms with Gasteiger partial charge in [0.2, 0.25) is 11.7 Å². The second kappa shape index (κ2) is 6.86. The Morgan fingerprint density at radius 2 is 1.78 bits per heavy atom. The molecule has 0 aliphatic carbocycles. The molecule has 0 spiro atoms. The summed E-state index contributed by atoms with van der Waals surface area (Å²) in [5.41, 5.74) is 5.80. The second-order valence-electron chi connectivity index (χ2n) is 6.21. The highest BCUT2D eigenvalue weighted by molar-refractivity contribution is 6.15. The summed E-state index contributed by atoms with van der Waals surface area (Å²) < 4.78 is 40.2. The molecule has 0 aliphatic heterocycles. The fourth-order valence-corrected chi connectivity index (χ4v) is 2.77. The molecule has 0 radical (unpaired) electrons. The van der Waals surface area contributed by atoms with Crippen molar-refractivity contribution in [2.45, 2.75) is 26.1 Å². The van der Waals surface area contributed by atoms with E-state index in [1.807, 2.05) is 6.92 Å². The zero-order valence-corrected chi connectivity index (χ0v) is 14.4. The summed E-state index contributed by atoms with van der Waals surface area (Å²) in [6.45, 7) is 1.87. The molecule has 8 heteroatoms. The quantitative estimate of drug-likeness (QED) is 0.694. The molecule has 0 bridgehead atoms. The fourth-order valence-electron chi connectivity index (χ4n) is 2.77. The first-order valence-corrected chi connectivity index (χ1v) is 8.14. The maximum atomic E-state index is 13.0. The van der Waals surface area contributed by atoms with Crippen LogP contribution in [0.25, 0.3) is 10.9 Å². The van der Waals surface area contributed by atoms with E-state index in [4.69, 9.17) is 5.73 Å². The average Bonchev–Trinajstić information content (AvgIpc) is 2.96. The van der Waals surface area contributed by atoms with E-state index in [2.05, 4.69) is 5.10 Å². The van der Waals surface area contributed by atoms with Crippen LogP contribution in [0.1, 0.15) is 33.6 Å². The van der Waals surface area contributed by atoms with Crippen molar-refractivity contribution in [1.82, 2.24) is 9.78 Å². The lowest BCUT2D eigenvalue weighted by Gasteiger charge is -2.07. The number of carbonyl (C=O) groups is 2. The molecule has 0 saturated heterocycles. The maximum absolute atomic E-state index is 13.0. The molecule has 0 unspecified atom stereocenters. The van der Waals surface area contributed by atoms with Crippen molar-refractivity contribution in [3.8, 4) is 0 Å². The number of rotatable bonds is 5. The van der Waals surface area contributed by atoms with Gasteiger partial charge in [0.1, 0.15) is 5.69 Å². The number of nitrogens with two attached hydrogens (primary N) is 1. The number of benzene rings is 2. The first-order chi connectivity index (χ1) is 12.7. The molecule has 2 N–H and O–H groups in total. The highest BCUT2D eigenvalue weighted by Crippen LogP contribution is 2.32. The molecule has 5 nitrogen and oxygen atoms in total. The first-order valence-electron chi connectivity index (χ1n) is 8.14. The van der Waals surface area contributed by atoms with Gasteiger partial charge < -0.3 is 5.73 Å². The van der Waals surface area contributed by atoms with Crippen LogP contribution in [0.2, 0.25) is 0 Å². The highest BCUT2D eigenvalue weighted by atomic mass is 19.4. The summed E-state index contributed by atoms with van der Waals surface area (Å²) in [6, 6.07) is 9.84. The van der Waals surface area contributed by atoms with Crippen molar-refractivity contribution >= 4 is 22.6 Å². The maximum Gasteiger partial charge on any atom is 0.416 e. The van der Waals surface area contributed by atoms with Crippen molar-refractivity contribution in [1.29, 1.82) is 0 Å². The van der Waals surface area contributed by atoms with Crippen LogP contribution in [-0.2, 0) is 17.5 Å². The van der Waals surface area contributed by atoms with E-state index in [1.54, 1.807) is 24.3 Å². The summed E-state index contributed by atoms with van der Waals surface area (Å²) in [5, 5.41) is 4.40. The molecule has 1 amide bonds. The highest BCUT2D eigenvalue weighted by Gasteiger charge is 2.31. The van der Waals surface area contributed by atoms with E-state index in [1.165, 1.54) is 10.7 Å². The molecule has 0 atom stereocenters. The summed E-state index contributed by atoms with van der Waals surface area (Å²) in [7, 11) is 0. The van der Waals surface area contributed by atoms with Gasteiger partial charge >= 0.3 is 6.18 Å². The molecule has 1 heterocycles. The number of hydrogen-bond acceptors (Lipinski definition) is 3. The number of fused-ring (bicyclic) bond motifs is 1. The van der Waals surface area contributed by atoms with Crippen LogP contribution in [0.3, 0.4) is 0 Å². The smallest absolute Gasteiger partial charge is 0.370 e. The molecule has 140 valence electrons. The number of aryl methyl sites for hydroxylation is 2. The number of hydrogen-bond donors (Lipinski definition) is 1. The van der Waals surface area contributed by atoms with Crippen LogP contribution >= 0.6 is 0 Å². The van der Waals surface area contributed by atoms with Crippen LogP contribution in [-0.4, -0.2) is 21.5 Å². The minimum absolute atomic E-state index is 0.00169. The number of primary amides is 1. The van der Waals surface area contributed by atoms with Crippen LogP contribution in [0, 0.1) is 6.92 Å². The standard InChI is InChI=1S/C19H16F3N3O2/c1-11-2-4-12(5-3-11)18(27)17-14-7-6-13(19(20,21)22)10-15(14)24-25(17)9-8-16(23)26/h2-7,10H,8-9H2,1H3,(H2,23,26). The third kappa shape index (κ3) is 3.84. The monoisotopic (exact) mass is 375 g/mol. The van der Waals surface area contributed by atoms with Crippen molar-refractivity contribution in [3.63, 3.8) is 0 Å². The molecule has 27 heavy (non-hydrogen) atoms. The van der Waals surface area contributed by atoms with E-state index >= 15 is 0 Å². The van der Waals surface area contributed by atoms with E-state index < -0.39 is 17.6 Å². The van der Waals surface area contributed by atoms with Gasteiger partial charge in [-0.2, -0.15) is 18.3 Å². The van der Waals surface area contributed by atoms with Gasteiger partial charge in [-0.25, -0.2) is 0 Å². The number of halogens is 3. The Morgan fingerprint density at radius 3 is 2.37 bits per heavy atom. The third-order valence-electron chi connectivity index (χ3n) is 4.17. The molecule has 3 rings (SSSR count). The molecule has 1 aromatic heterocycles. The lowest BCUT2D eigenvalue weighted by atomic mass is 10.0. The molecule has 0 aliphatic rings. The Balaban J connectivity index is 2.14. The van der Waals surface area contributed by atoms with Crippen LogP contribution in [0.4, 0.5) is 13.2 Å². The number of nitrogens with zero attached hydrogens (tertiary/aromatic N) is 2. The number of alkyl halides is 3. The lowest BCUT2D eigenvalue weighted by Crippen LogP contribution is -2.18. The first kappa shape index (κ1) is 18.6. The summed E-state index contributed by atoms with van der Waals surface area (Å²) >= 11 is 0. The van der Waals surface area contributed by atoms with Gasteiger partial charge in [0.15, 0.2) is 0 Å². The summed E-state index contributed by atoms with van der Waals surface area (Å²) in [4.78, 5) is 24.1. The van der Waals surface area contributed by atoms with Crippen molar-refractivity contribution < 1.29 is 22.8 Å². The van der Waals surface area contributed by atoms with Crippen molar-refractivity contribution in [2.24, 2.45) is 5.73 Å². The minimum Gasteiger partial charge on any atom is -0.370 e. The molecule has 3 aromatic rings. The Hall–Kier alpha value is -3.16. The van der Waals surface area contributed by atoms with E-state index in [0.29, 0.717) is 5.56 Å². The van der Waals surface area contributed by atoms with Crippen LogP contribution in [0.15, 0.2) is 42.5 Å². The van der Waals surface area contributed by atoms with Gasteiger partial charge in [0.25, 0.3) is 0 Å². The normalized spacial score (nSPS) is 11.7. The zero-order valence-electron chi connectivity index (χ0n) is 14.4. The second-order valence-corrected chi connectivity index (χ2v) is 6.21. The summed E-state index contributed by atoms with van der Waals surface area (Å²) in [5.74, 6) is -0.985. The minimum atomic E-state index is -4.52. The Kier molecular flexibility index (Phi) is 4.73. The van der Waals surface area contributed by atoms with E-state index in [9.17, 15) is 22.8 Å². The lowest BCUT2D eigenvalue weighted by molar-refractivity contribution is -0.137. The van der Waals surface area contributed by atoms with Crippen molar-refractivity contribution in [2.75, 3.05) is 0 Å². The Bertz CT molecular complexity index is 1020. The molecule has 2 aromatic carbocycles. The molecular weight excluding hydrogens is 359 g/mol. The van der Waals surface area contributed by atoms with Gasteiger partial charge in [-0.05, 0) is 25.1 Å². The van der Waals surface area contributed by atoms with Crippen molar-refractivity contribution in [3.05, 3.63) is 64.8 Å². The molecule has 0 fully saturated rings. The molecule has 0 saturated carbocycles. The van der Waals surface area contributed by atoms with Gasteiger partial charge in [-0.15, -0.1) is 0 Å². The average molecular weight is 375 g/mol. The van der Waals surface area contributed by atoms with Gasteiger partial charge in [-0.1, -0.05) is 29.8 Å². The largest absolute Gasteiger partial charge is 0.416 e.